The third-order valence-electron chi connectivity index (χ3n) is 4.63. The van der Waals surface area contributed by atoms with Gasteiger partial charge < -0.3 is 4.90 Å². The highest BCUT2D eigenvalue weighted by atomic mass is 16.5. The van der Waals surface area contributed by atoms with Crippen molar-refractivity contribution >= 4 is 17.9 Å². The summed E-state index contributed by atoms with van der Waals surface area (Å²) < 4.78 is 0. The van der Waals surface area contributed by atoms with E-state index in [1.165, 1.54) is 6.08 Å². The van der Waals surface area contributed by atoms with Crippen molar-refractivity contribution in [3.8, 4) is 0 Å². The number of amides is 2. The second kappa shape index (κ2) is 8.45. The zero-order valence-corrected chi connectivity index (χ0v) is 14.5. The van der Waals surface area contributed by atoms with Gasteiger partial charge in [-0.15, -0.1) is 0 Å². The van der Waals surface area contributed by atoms with Crippen molar-refractivity contribution in [2.45, 2.75) is 25.3 Å². The number of rotatable bonds is 5. The average molecular weight is 350 g/mol. The Bertz CT molecular complexity index is 785. The first-order valence-electron chi connectivity index (χ1n) is 8.73. The van der Waals surface area contributed by atoms with Crippen LogP contribution in [0.3, 0.4) is 0 Å². The first kappa shape index (κ1) is 17.9. The molecule has 1 fully saturated rings. The molecule has 2 N–H and O–H groups in total. The van der Waals surface area contributed by atoms with Gasteiger partial charge in [0.15, 0.2) is 0 Å². The summed E-state index contributed by atoms with van der Waals surface area (Å²) in [6.45, 7) is 0.786. The predicted molar refractivity (Wildman–Crippen MR) is 99.2 cm³/mol. The van der Waals surface area contributed by atoms with Gasteiger partial charge in [0.1, 0.15) is 0 Å². The zero-order valence-electron chi connectivity index (χ0n) is 14.5. The molecule has 1 atom stereocenters. The minimum atomic E-state index is -0.567. The zero-order chi connectivity index (χ0) is 18.4. The summed E-state index contributed by atoms with van der Waals surface area (Å²) >= 11 is 0. The molecule has 1 unspecified atom stereocenters. The smallest absolute Gasteiger partial charge is 0.267 e. The van der Waals surface area contributed by atoms with E-state index in [4.69, 9.17) is 5.21 Å². The number of nitrogens with zero attached hydrogens (tertiary/aromatic N) is 1. The van der Waals surface area contributed by atoms with E-state index in [1.807, 2.05) is 59.5 Å². The number of benzene rings is 2. The molecular formula is C21H22N2O3. The lowest BCUT2D eigenvalue weighted by molar-refractivity contribution is -0.131. The number of carbonyl (C=O) groups is 2. The van der Waals surface area contributed by atoms with Crippen LogP contribution in [0.1, 0.15) is 35.6 Å². The van der Waals surface area contributed by atoms with Crippen LogP contribution in [-0.2, 0) is 16.0 Å². The van der Waals surface area contributed by atoms with Crippen LogP contribution >= 0.6 is 0 Å². The minimum Gasteiger partial charge on any atom is -0.335 e. The maximum Gasteiger partial charge on any atom is 0.267 e. The number of hydrogen-bond acceptors (Lipinski definition) is 3. The molecule has 3 rings (SSSR count). The van der Waals surface area contributed by atoms with Crippen LogP contribution in [0.2, 0.25) is 0 Å². The summed E-state index contributed by atoms with van der Waals surface area (Å²) in [5.74, 6) is -0.412. The van der Waals surface area contributed by atoms with Crippen molar-refractivity contribution in [1.29, 1.82) is 0 Å². The molecule has 1 saturated heterocycles. The van der Waals surface area contributed by atoms with Gasteiger partial charge in [0.2, 0.25) is 5.91 Å². The third kappa shape index (κ3) is 4.37. The van der Waals surface area contributed by atoms with Crippen molar-refractivity contribution in [3.63, 3.8) is 0 Å². The van der Waals surface area contributed by atoms with E-state index in [-0.39, 0.29) is 11.9 Å². The number of carbonyl (C=O) groups excluding carboxylic acids is 2. The Balaban J connectivity index is 1.68. The van der Waals surface area contributed by atoms with Crippen LogP contribution in [0.4, 0.5) is 0 Å². The first-order chi connectivity index (χ1) is 12.7. The number of nitrogens with one attached hydrogen (secondary N) is 1. The van der Waals surface area contributed by atoms with E-state index in [9.17, 15) is 9.59 Å². The van der Waals surface area contributed by atoms with Crippen LogP contribution < -0.4 is 5.48 Å². The van der Waals surface area contributed by atoms with Gasteiger partial charge in [-0.05, 0) is 35.6 Å². The van der Waals surface area contributed by atoms with Gasteiger partial charge in [0.05, 0.1) is 12.5 Å². The molecule has 5 nitrogen and oxygen atoms in total. The van der Waals surface area contributed by atoms with Crippen LogP contribution in [-0.4, -0.2) is 28.5 Å². The van der Waals surface area contributed by atoms with Gasteiger partial charge in [0, 0.05) is 12.6 Å². The standard InChI is InChI=1S/C21H22N2O3/c24-20(22-26)13-10-16-8-11-18(12-9-16)19-7-4-14-23(19)21(25)15-17-5-2-1-3-6-17/h1-3,5-6,8-13,19,26H,4,7,14-15H2,(H,22,24)/b13-10+. The highest BCUT2D eigenvalue weighted by molar-refractivity contribution is 5.90. The molecular weight excluding hydrogens is 328 g/mol. The van der Waals surface area contributed by atoms with E-state index < -0.39 is 5.91 Å². The van der Waals surface area contributed by atoms with Gasteiger partial charge in [-0.25, -0.2) is 5.48 Å². The van der Waals surface area contributed by atoms with Crippen molar-refractivity contribution in [3.05, 3.63) is 77.4 Å². The quantitative estimate of drug-likeness (QED) is 0.494. The molecule has 0 saturated carbocycles. The second-order valence-corrected chi connectivity index (χ2v) is 6.38. The highest BCUT2D eigenvalue weighted by Gasteiger charge is 2.29. The van der Waals surface area contributed by atoms with Crippen LogP contribution in [0.15, 0.2) is 60.7 Å². The molecule has 0 bridgehead atoms. The molecule has 0 aromatic heterocycles. The lowest BCUT2D eigenvalue weighted by Crippen LogP contribution is -2.31. The summed E-state index contributed by atoms with van der Waals surface area (Å²) in [7, 11) is 0. The fourth-order valence-electron chi connectivity index (χ4n) is 3.32. The Morgan fingerprint density at radius 2 is 1.85 bits per heavy atom. The van der Waals surface area contributed by atoms with E-state index in [1.54, 1.807) is 11.6 Å². The molecule has 5 heteroatoms. The fourth-order valence-corrected chi connectivity index (χ4v) is 3.32. The summed E-state index contributed by atoms with van der Waals surface area (Å²) in [5.41, 5.74) is 4.56. The molecule has 2 aromatic carbocycles. The maximum absolute atomic E-state index is 12.7. The minimum absolute atomic E-state index is 0.102. The lowest BCUT2D eigenvalue weighted by atomic mass is 10.0. The summed E-state index contributed by atoms with van der Waals surface area (Å²) in [5, 5.41) is 8.50. The summed E-state index contributed by atoms with van der Waals surface area (Å²) in [6.07, 6.45) is 5.28. The summed E-state index contributed by atoms with van der Waals surface area (Å²) in [4.78, 5) is 25.7. The molecule has 0 spiro atoms. The summed E-state index contributed by atoms with van der Waals surface area (Å²) in [6, 6.07) is 17.7. The largest absolute Gasteiger partial charge is 0.335 e. The SMILES string of the molecule is O=C(/C=C/c1ccc(C2CCCN2C(=O)Cc2ccccc2)cc1)NO. The second-order valence-electron chi connectivity index (χ2n) is 6.38. The molecule has 0 aliphatic carbocycles. The van der Waals surface area contributed by atoms with E-state index in [0.717, 1.165) is 36.1 Å². The molecule has 1 aliphatic rings. The van der Waals surface area contributed by atoms with Crippen molar-refractivity contribution < 1.29 is 14.8 Å². The molecule has 2 amide bonds. The van der Waals surface area contributed by atoms with E-state index >= 15 is 0 Å². The third-order valence-corrected chi connectivity index (χ3v) is 4.63. The van der Waals surface area contributed by atoms with Crippen molar-refractivity contribution in [1.82, 2.24) is 10.4 Å². The van der Waals surface area contributed by atoms with Crippen molar-refractivity contribution in [2.24, 2.45) is 0 Å². The molecule has 26 heavy (non-hydrogen) atoms. The van der Waals surface area contributed by atoms with Gasteiger partial charge in [-0.1, -0.05) is 54.6 Å². The van der Waals surface area contributed by atoms with Gasteiger partial charge in [0.25, 0.3) is 5.91 Å². The van der Waals surface area contributed by atoms with Crippen LogP contribution in [0.25, 0.3) is 6.08 Å². The van der Waals surface area contributed by atoms with Gasteiger partial charge in [-0.3, -0.25) is 14.8 Å². The molecule has 1 aliphatic heterocycles. The topological polar surface area (TPSA) is 69.6 Å². The molecule has 134 valence electrons. The van der Waals surface area contributed by atoms with E-state index in [2.05, 4.69) is 0 Å². The maximum atomic E-state index is 12.7. The Morgan fingerprint density at radius 1 is 1.12 bits per heavy atom. The monoisotopic (exact) mass is 350 g/mol. The Morgan fingerprint density at radius 3 is 2.54 bits per heavy atom. The lowest BCUT2D eigenvalue weighted by Gasteiger charge is -2.25. The Hall–Kier alpha value is -2.92. The highest BCUT2D eigenvalue weighted by Crippen LogP contribution is 2.32. The first-order valence-corrected chi connectivity index (χ1v) is 8.73. The Kier molecular flexibility index (Phi) is 5.81. The number of hydroxylamine groups is 1. The van der Waals surface area contributed by atoms with Crippen LogP contribution in [0, 0.1) is 0 Å². The van der Waals surface area contributed by atoms with Crippen molar-refractivity contribution in [2.75, 3.05) is 6.54 Å². The number of hydrogen-bond donors (Lipinski definition) is 2. The molecule has 2 aromatic rings. The van der Waals surface area contributed by atoms with E-state index in [0.29, 0.717) is 6.42 Å². The number of likely N-dealkylation sites (tertiary alicyclic amines) is 1. The van der Waals surface area contributed by atoms with Gasteiger partial charge in [-0.2, -0.15) is 0 Å². The van der Waals surface area contributed by atoms with Crippen LogP contribution in [0.5, 0.6) is 0 Å². The predicted octanol–water partition coefficient (Wildman–Crippen LogP) is 3.11. The molecule has 0 radical (unpaired) electrons. The normalized spacial score (nSPS) is 16.8. The average Bonchev–Trinajstić information content (AvgIpc) is 3.17. The fraction of sp³-hybridized carbons (Fsp3) is 0.238. The Labute approximate surface area is 152 Å². The van der Waals surface area contributed by atoms with Gasteiger partial charge >= 0.3 is 0 Å². The molecule has 1 heterocycles.